The van der Waals surface area contributed by atoms with E-state index in [-0.39, 0.29) is 11.5 Å². The molecule has 7 heteroatoms. The zero-order valence-corrected chi connectivity index (χ0v) is 14.6. The molecule has 0 aliphatic carbocycles. The van der Waals surface area contributed by atoms with Gasteiger partial charge in [0.15, 0.2) is 0 Å². The van der Waals surface area contributed by atoms with E-state index in [1.807, 2.05) is 29.6 Å². The van der Waals surface area contributed by atoms with Gasteiger partial charge in [0.1, 0.15) is 10.5 Å². The van der Waals surface area contributed by atoms with Gasteiger partial charge in [-0.1, -0.05) is 6.07 Å². The van der Waals surface area contributed by atoms with Crippen LogP contribution in [0.2, 0.25) is 0 Å². The zero-order chi connectivity index (χ0) is 17.2. The van der Waals surface area contributed by atoms with Crippen molar-refractivity contribution in [2.45, 2.75) is 25.5 Å². The number of thiophene rings is 1. The molecule has 1 atom stereocenters. The fraction of sp³-hybridized carbons (Fsp3) is 0.389. The minimum absolute atomic E-state index is 0.0598. The average molecular weight is 356 g/mol. The van der Waals surface area contributed by atoms with Gasteiger partial charge in [0.2, 0.25) is 0 Å². The minimum atomic E-state index is -0.511. The molecule has 1 aliphatic heterocycles. The van der Waals surface area contributed by atoms with Gasteiger partial charge < -0.3 is 10.1 Å². The van der Waals surface area contributed by atoms with Gasteiger partial charge in [-0.3, -0.25) is 14.7 Å². The predicted molar refractivity (Wildman–Crippen MR) is 97.4 cm³/mol. The van der Waals surface area contributed by atoms with E-state index < -0.39 is 6.10 Å². The van der Waals surface area contributed by atoms with E-state index >= 15 is 0 Å². The lowest BCUT2D eigenvalue weighted by molar-refractivity contribution is 0.0533. The van der Waals surface area contributed by atoms with Gasteiger partial charge in [-0.15, -0.1) is 11.3 Å². The van der Waals surface area contributed by atoms with Crippen LogP contribution in [0.25, 0.3) is 10.2 Å². The van der Waals surface area contributed by atoms with Crippen LogP contribution in [0.5, 0.6) is 0 Å². The first-order chi connectivity index (χ1) is 12.2. The summed E-state index contributed by atoms with van der Waals surface area (Å²) in [5, 5.41) is 12.4. The molecule has 0 amide bonds. The normalized spacial score (nSPS) is 17.8. The highest BCUT2D eigenvalue weighted by atomic mass is 32.1. The summed E-state index contributed by atoms with van der Waals surface area (Å²) in [5.41, 5.74) is 1.45. The Bertz CT molecular complexity index is 900. The van der Waals surface area contributed by atoms with Gasteiger partial charge in [0.25, 0.3) is 5.56 Å². The van der Waals surface area contributed by atoms with Crippen LogP contribution >= 0.6 is 11.3 Å². The standard InChI is InChI=1S/C18H20N4O2S/c23-16(13-3-1-2-7-19-13)12-4-8-22(9-5-12)11-15-20-14-6-10-25-17(14)18(24)21-15/h1-3,6-7,10,12,16,23H,4-5,8-9,11H2,(H,20,21,24). The van der Waals surface area contributed by atoms with E-state index in [1.165, 1.54) is 11.3 Å². The van der Waals surface area contributed by atoms with Crippen molar-refractivity contribution in [2.75, 3.05) is 13.1 Å². The lowest BCUT2D eigenvalue weighted by Gasteiger charge is -2.33. The quantitative estimate of drug-likeness (QED) is 0.750. The molecule has 0 spiro atoms. The highest BCUT2D eigenvalue weighted by Crippen LogP contribution is 2.30. The number of likely N-dealkylation sites (tertiary alicyclic amines) is 1. The fourth-order valence-corrected chi connectivity index (χ4v) is 4.15. The third-order valence-electron chi connectivity index (χ3n) is 4.81. The Hall–Kier alpha value is -2.09. The van der Waals surface area contributed by atoms with Crippen LogP contribution in [-0.4, -0.2) is 38.0 Å². The molecule has 0 bridgehead atoms. The first kappa shape index (κ1) is 16.4. The summed E-state index contributed by atoms with van der Waals surface area (Å²) >= 11 is 1.42. The summed E-state index contributed by atoms with van der Waals surface area (Å²) in [7, 11) is 0. The Morgan fingerprint density at radius 2 is 2.16 bits per heavy atom. The van der Waals surface area contributed by atoms with Gasteiger partial charge in [-0.25, -0.2) is 4.98 Å². The maximum Gasteiger partial charge on any atom is 0.268 e. The summed E-state index contributed by atoms with van der Waals surface area (Å²) in [6.45, 7) is 2.38. The van der Waals surface area contributed by atoms with E-state index in [1.54, 1.807) is 6.20 Å². The number of aromatic nitrogens is 3. The number of nitrogens with zero attached hydrogens (tertiary/aromatic N) is 3. The van der Waals surface area contributed by atoms with Crippen LogP contribution in [0.15, 0.2) is 40.6 Å². The van der Waals surface area contributed by atoms with Crippen molar-refractivity contribution in [1.82, 2.24) is 19.9 Å². The van der Waals surface area contributed by atoms with Gasteiger partial charge in [-0.05, 0) is 55.4 Å². The van der Waals surface area contributed by atoms with Crippen LogP contribution in [0, 0.1) is 5.92 Å². The maximum absolute atomic E-state index is 12.1. The summed E-state index contributed by atoms with van der Waals surface area (Å²) in [4.78, 5) is 26.0. The fourth-order valence-electron chi connectivity index (χ4n) is 3.43. The highest BCUT2D eigenvalue weighted by molar-refractivity contribution is 7.17. The van der Waals surface area contributed by atoms with E-state index in [0.717, 1.165) is 37.1 Å². The van der Waals surface area contributed by atoms with Crippen LogP contribution in [0.4, 0.5) is 0 Å². The Labute approximate surface area is 149 Å². The largest absolute Gasteiger partial charge is 0.387 e. The third kappa shape index (κ3) is 3.49. The van der Waals surface area contributed by atoms with Crippen LogP contribution < -0.4 is 5.56 Å². The van der Waals surface area contributed by atoms with Gasteiger partial charge in [0, 0.05) is 6.20 Å². The zero-order valence-electron chi connectivity index (χ0n) is 13.8. The molecule has 3 aromatic heterocycles. The van der Waals surface area contributed by atoms with Crippen molar-refractivity contribution >= 4 is 21.6 Å². The molecule has 130 valence electrons. The molecule has 0 saturated carbocycles. The number of hydrogen-bond donors (Lipinski definition) is 2. The van der Waals surface area contributed by atoms with E-state index in [9.17, 15) is 9.90 Å². The number of fused-ring (bicyclic) bond motifs is 1. The summed E-state index contributed by atoms with van der Waals surface area (Å²) in [6, 6.07) is 7.52. The van der Waals surface area contributed by atoms with E-state index in [0.29, 0.717) is 17.1 Å². The molecular formula is C18H20N4O2S. The van der Waals surface area contributed by atoms with Crippen LogP contribution in [0.3, 0.4) is 0 Å². The number of hydrogen-bond acceptors (Lipinski definition) is 6. The molecule has 1 saturated heterocycles. The molecule has 1 aliphatic rings. The number of nitrogens with one attached hydrogen (secondary N) is 1. The number of rotatable bonds is 4. The number of H-pyrrole nitrogens is 1. The molecule has 25 heavy (non-hydrogen) atoms. The van der Waals surface area contributed by atoms with Crippen LogP contribution in [-0.2, 0) is 6.54 Å². The second kappa shape index (κ2) is 7.03. The molecule has 0 aromatic carbocycles. The van der Waals surface area contributed by atoms with Gasteiger partial charge in [-0.2, -0.15) is 0 Å². The van der Waals surface area contributed by atoms with Crippen LogP contribution in [0.1, 0.15) is 30.5 Å². The number of piperidine rings is 1. The highest BCUT2D eigenvalue weighted by Gasteiger charge is 2.27. The van der Waals surface area contributed by atoms with Crippen molar-refractivity contribution in [3.63, 3.8) is 0 Å². The molecule has 6 nitrogen and oxygen atoms in total. The topological polar surface area (TPSA) is 82.1 Å². The minimum Gasteiger partial charge on any atom is -0.387 e. The number of aliphatic hydroxyl groups is 1. The van der Waals surface area contributed by atoms with Gasteiger partial charge in [0.05, 0.1) is 23.9 Å². The van der Waals surface area contributed by atoms with Crippen molar-refractivity contribution in [3.8, 4) is 0 Å². The monoisotopic (exact) mass is 356 g/mol. The van der Waals surface area contributed by atoms with Crippen molar-refractivity contribution in [3.05, 3.63) is 57.7 Å². The maximum atomic E-state index is 12.1. The summed E-state index contributed by atoms with van der Waals surface area (Å²) < 4.78 is 0.681. The molecule has 4 rings (SSSR count). The molecular weight excluding hydrogens is 336 g/mol. The molecule has 1 fully saturated rings. The SMILES string of the molecule is O=c1[nH]c(CN2CCC(C(O)c3ccccn3)CC2)nc2ccsc12. The van der Waals surface area contributed by atoms with Gasteiger partial charge >= 0.3 is 0 Å². The van der Waals surface area contributed by atoms with Crippen molar-refractivity contribution in [2.24, 2.45) is 5.92 Å². The smallest absolute Gasteiger partial charge is 0.268 e. The first-order valence-corrected chi connectivity index (χ1v) is 9.36. The average Bonchev–Trinajstić information content (AvgIpc) is 3.12. The van der Waals surface area contributed by atoms with E-state index in [4.69, 9.17) is 0 Å². The van der Waals surface area contributed by atoms with E-state index in [2.05, 4.69) is 19.9 Å². The predicted octanol–water partition coefficient (Wildman–Crippen LogP) is 2.33. The van der Waals surface area contributed by atoms with Crippen molar-refractivity contribution < 1.29 is 5.11 Å². The lowest BCUT2D eigenvalue weighted by Crippen LogP contribution is -2.36. The molecule has 4 heterocycles. The summed E-state index contributed by atoms with van der Waals surface area (Å²) in [6.07, 6.45) is 3.02. The Balaban J connectivity index is 1.39. The third-order valence-corrected chi connectivity index (χ3v) is 5.71. The molecule has 1 unspecified atom stereocenters. The number of aromatic amines is 1. The molecule has 2 N–H and O–H groups in total. The second-order valence-corrected chi connectivity index (χ2v) is 7.38. The first-order valence-electron chi connectivity index (χ1n) is 8.48. The van der Waals surface area contributed by atoms with Crippen molar-refractivity contribution in [1.29, 1.82) is 0 Å². The Kier molecular flexibility index (Phi) is 4.61. The Morgan fingerprint density at radius 3 is 2.92 bits per heavy atom. The number of aliphatic hydroxyl groups excluding tert-OH is 1. The molecule has 3 aromatic rings. The summed E-state index contributed by atoms with van der Waals surface area (Å²) in [5.74, 6) is 0.928. The second-order valence-electron chi connectivity index (χ2n) is 6.46. The lowest BCUT2D eigenvalue weighted by atomic mass is 9.89. The molecule has 0 radical (unpaired) electrons. The Morgan fingerprint density at radius 1 is 1.32 bits per heavy atom. The number of pyridine rings is 1.